The molecule has 0 saturated heterocycles. The van der Waals surface area contributed by atoms with E-state index in [4.69, 9.17) is 37.0 Å². The number of ether oxygens (including phenoxy) is 4. The second kappa shape index (κ2) is 57.9. The molecule has 516 valence electrons. The number of esters is 4. The molecular formula is C68H132O17P2. The second-order valence-corrected chi connectivity index (χ2v) is 29.1. The highest BCUT2D eigenvalue weighted by Gasteiger charge is 2.30. The Labute approximate surface area is 530 Å². The lowest BCUT2D eigenvalue weighted by Gasteiger charge is -2.21. The number of aliphatic hydroxyl groups excluding tert-OH is 1. The maximum atomic E-state index is 13.0. The van der Waals surface area contributed by atoms with Gasteiger partial charge in [0, 0.05) is 25.7 Å². The lowest BCUT2D eigenvalue weighted by atomic mass is 10.00. The molecule has 0 fully saturated rings. The third-order valence-corrected chi connectivity index (χ3v) is 17.8. The first-order valence-corrected chi connectivity index (χ1v) is 38.2. The van der Waals surface area contributed by atoms with Crippen LogP contribution in [-0.2, 0) is 65.4 Å². The molecule has 19 heteroatoms. The Morgan fingerprint density at radius 2 is 0.552 bits per heavy atom. The third-order valence-electron chi connectivity index (χ3n) is 15.9. The fraction of sp³-hybridized carbons (Fsp3) is 0.941. The van der Waals surface area contributed by atoms with E-state index in [0.717, 1.165) is 114 Å². The Hall–Kier alpha value is -1.94. The van der Waals surface area contributed by atoms with Crippen molar-refractivity contribution in [1.29, 1.82) is 0 Å². The summed E-state index contributed by atoms with van der Waals surface area (Å²) in [5, 5.41) is 10.6. The van der Waals surface area contributed by atoms with Crippen molar-refractivity contribution < 1.29 is 80.2 Å². The molecule has 6 atom stereocenters. The molecule has 0 aromatic rings. The molecule has 0 spiro atoms. The second-order valence-electron chi connectivity index (χ2n) is 26.2. The minimum absolute atomic E-state index is 0.102. The molecule has 0 aliphatic carbocycles. The summed E-state index contributed by atoms with van der Waals surface area (Å²) < 4.78 is 68.2. The molecule has 0 bridgehead atoms. The summed E-state index contributed by atoms with van der Waals surface area (Å²) in [7, 11) is -9.90. The van der Waals surface area contributed by atoms with Gasteiger partial charge in [0.2, 0.25) is 0 Å². The van der Waals surface area contributed by atoms with Crippen LogP contribution < -0.4 is 0 Å². The van der Waals surface area contributed by atoms with Crippen LogP contribution in [0.5, 0.6) is 0 Å². The third kappa shape index (κ3) is 61.3. The molecule has 0 radical (unpaired) electrons. The van der Waals surface area contributed by atoms with Crippen molar-refractivity contribution >= 4 is 39.5 Å². The molecule has 3 N–H and O–H groups in total. The Morgan fingerprint density at radius 1 is 0.322 bits per heavy atom. The van der Waals surface area contributed by atoms with Crippen LogP contribution in [0.3, 0.4) is 0 Å². The summed E-state index contributed by atoms with van der Waals surface area (Å²) in [6.07, 6.45) is 39.0. The van der Waals surface area contributed by atoms with Gasteiger partial charge in [0.15, 0.2) is 12.2 Å². The number of unbranched alkanes of at least 4 members (excludes halogenated alkanes) is 30. The Bertz CT molecular complexity index is 1730. The van der Waals surface area contributed by atoms with Crippen molar-refractivity contribution in [1.82, 2.24) is 0 Å². The summed E-state index contributed by atoms with van der Waals surface area (Å²) >= 11 is 0. The number of phosphoric acid groups is 2. The standard InChI is InChI=1S/C68H132O17P2/c1-9-61(8)47-39-31-26-27-35-43-51-68(73)85-64(55-79-66(71)49-41-33-24-19-18-22-30-38-46-60(6)7)57-83-87(76,77)81-53-62(69)52-80-86(74,75)82-56-63(54-78-65(70)48-40-32-23-17-13-15-21-29-37-45-59(4)5)84-67(72)50-42-34-25-16-12-10-11-14-20-28-36-44-58(2)3/h58-64,69H,9-57H2,1-8H3,(H,74,75)(H,76,77)/t61?,62?,63-,64-/m1/s1. The van der Waals surface area contributed by atoms with Crippen LogP contribution in [0.2, 0.25) is 0 Å². The average Bonchev–Trinajstić information content (AvgIpc) is 3.48. The highest BCUT2D eigenvalue weighted by atomic mass is 31.2. The van der Waals surface area contributed by atoms with Crippen molar-refractivity contribution in [2.45, 2.75) is 350 Å². The van der Waals surface area contributed by atoms with Crippen LogP contribution in [0.15, 0.2) is 0 Å². The summed E-state index contributed by atoms with van der Waals surface area (Å²) in [6.45, 7) is 14.0. The van der Waals surface area contributed by atoms with Crippen LogP contribution >= 0.6 is 15.6 Å². The van der Waals surface area contributed by atoms with E-state index in [2.05, 4.69) is 55.4 Å². The van der Waals surface area contributed by atoms with Crippen molar-refractivity contribution in [3.63, 3.8) is 0 Å². The molecule has 0 saturated carbocycles. The van der Waals surface area contributed by atoms with Gasteiger partial charge < -0.3 is 33.8 Å². The molecule has 0 aliphatic heterocycles. The van der Waals surface area contributed by atoms with Crippen LogP contribution in [0.4, 0.5) is 0 Å². The van der Waals surface area contributed by atoms with Gasteiger partial charge in [-0.1, -0.05) is 280 Å². The van der Waals surface area contributed by atoms with Crippen LogP contribution in [-0.4, -0.2) is 96.7 Å². The van der Waals surface area contributed by atoms with Crippen molar-refractivity contribution in [3.05, 3.63) is 0 Å². The molecule has 4 unspecified atom stereocenters. The molecule has 0 rings (SSSR count). The molecule has 0 aromatic heterocycles. The molecule has 17 nitrogen and oxygen atoms in total. The van der Waals surface area contributed by atoms with E-state index < -0.39 is 97.5 Å². The maximum absolute atomic E-state index is 13.0. The summed E-state index contributed by atoms with van der Waals surface area (Å²) in [6, 6.07) is 0. The number of hydrogen-bond donors (Lipinski definition) is 3. The Balaban J connectivity index is 5.26. The predicted molar refractivity (Wildman–Crippen MR) is 349 cm³/mol. The number of rotatable bonds is 65. The number of carbonyl (C=O) groups excluding carboxylic acids is 4. The topological polar surface area (TPSA) is 237 Å². The van der Waals surface area contributed by atoms with Gasteiger partial charge >= 0.3 is 39.5 Å². The van der Waals surface area contributed by atoms with E-state index in [1.165, 1.54) is 135 Å². The van der Waals surface area contributed by atoms with Gasteiger partial charge in [-0.3, -0.25) is 37.3 Å². The molecule has 0 aromatic carbocycles. The minimum atomic E-state index is -4.95. The zero-order valence-electron chi connectivity index (χ0n) is 56.6. The van der Waals surface area contributed by atoms with Gasteiger partial charge in [-0.25, -0.2) is 9.13 Å². The fourth-order valence-corrected chi connectivity index (χ4v) is 11.7. The largest absolute Gasteiger partial charge is 0.472 e. The van der Waals surface area contributed by atoms with Crippen molar-refractivity contribution in [3.8, 4) is 0 Å². The quantitative estimate of drug-likeness (QED) is 0.0222. The smallest absolute Gasteiger partial charge is 0.462 e. The fourth-order valence-electron chi connectivity index (χ4n) is 10.1. The van der Waals surface area contributed by atoms with E-state index in [0.29, 0.717) is 25.7 Å². The zero-order chi connectivity index (χ0) is 64.7. The first-order chi connectivity index (χ1) is 41.6. The summed E-state index contributed by atoms with van der Waals surface area (Å²) in [4.78, 5) is 72.4. The lowest BCUT2D eigenvalue weighted by molar-refractivity contribution is -0.161. The number of phosphoric ester groups is 2. The van der Waals surface area contributed by atoms with Gasteiger partial charge in [-0.2, -0.15) is 0 Å². The zero-order valence-corrected chi connectivity index (χ0v) is 58.4. The maximum Gasteiger partial charge on any atom is 0.472 e. The normalized spacial score (nSPS) is 14.6. The van der Waals surface area contributed by atoms with Gasteiger partial charge in [0.05, 0.1) is 26.4 Å². The van der Waals surface area contributed by atoms with Crippen molar-refractivity contribution in [2.24, 2.45) is 23.7 Å². The lowest BCUT2D eigenvalue weighted by Crippen LogP contribution is -2.30. The average molecular weight is 1280 g/mol. The molecule has 0 aliphatic rings. The monoisotopic (exact) mass is 1280 g/mol. The Morgan fingerprint density at radius 3 is 0.816 bits per heavy atom. The number of aliphatic hydroxyl groups is 1. The first-order valence-electron chi connectivity index (χ1n) is 35.2. The highest BCUT2D eigenvalue weighted by Crippen LogP contribution is 2.45. The van der Waals surface area contributed by atoms with E-state index >= 15 is 0 Å². The number of carbonyl (C=O) groups is 4. The van der Waals surface area contributed by atoms with Crippen LogP contribution in [0.25, 0.3) is 0 Å². The Kier molecular flexibility index (Phi) is 56.6. The van der Waals surface area contributed by atoms with Crippen LogP contribution in [0.1, 0.15) is 331 Å². The molecule has 87 heavy (non-hydrogen) atoms. The van der Waals surface area contributed by atoms with E-state index in [-0.39, 0.29) is 25.7 Å². The highest BCUT2D eigenvalue weighted by molar-refractivity contribution is 7.47. The van der Waals surface area contributed by atoms with Crippen molar-refractivity contribution in [2.75, 3.05) is 39.6 Å². The van der Waals surface area contributed by atoms with E-state index in [9.17, 15) is 43.2 Å². The first kappa shape index (κ1) is 85.1. The van der Waals surface area contributed by atoms with Crippen LogP contribution in [0, 0.1) is 23.7 Å². The SMILES string of the molecule is CCC(C)CCCCCCCCC(=O)O[C@H](COC(=O)CCCCCCCCCCC(C)C)COP(=O)(O)OCC(O)COP(=O)(O)OC[C@@H](COC(=O)CCCCCCCCCCCC(C)C)OC(=O)CCCCCCCCCCCCCC(C)C. The summed E-state index contributed by atoms with van der Waals surface area (Å²) in [5.41, 5.74) is 0. The van der Waals surface area contributed by atoms with E-state index in [1.807, 2.05) is 0 Å². The molecule has 0 heterocycles. The van der Waals surface area contributed by atoms with Gasteiger partial charge in [-0.15, -0.1) is 0 Å². The predicted octanol–water partition coefficient (Wildman–Crippen LogP) is 18.9. The van der Waals surface area contributed by atoms with E-state index in [1.54, 1.807) is 0 Å². The van der Waals surface area contributed by atoms with Gasteiger partial charge in [0.1, 0.15) is 19.3 Å². The minimum Gasteiger partial charge on any atom is -0.462 e. The summed E-state index contributed by atoms with van der Waals surface area (Å²) in [5.74, 6) is 0.821. The molecule has 0 amide bonds. The molecular weight excluding hydrogens is 1150 g/mol. The number of hydrogen-bond acceptors (Lipinski definition) is 15. The van der Waals surface area contributed by atoms with Gasteiger partial charge in [0.25, 0.3) is 0 Å². The van der Waals surface area contributed by atoms with Gasteiger partial charge in [-0.05, 0) is 49.4 Å².